The van der Waals surface area contributed by atoms with Gasteiger partial charge in [-0.2, -0.15) is 0 Å². The predicted octanol–water partition coefficient (Wildman–Crippen LogP) is 17.2. The van der Waals surface area contributed by atoms with Crippen molar-refractivity contribution in [2.24, 2.45) is 34.5 Å². The Morgan fingerprint density at radius 3 is 1.68 bits per heavy atom. The number of allylic oxidation sites excluding steroid dienone is 12. The Morgan fingerprint density at radius 1 is 0.600 bits per heavy atom. The highest BCUT2D eigenvalue weighted by Crippen LogP contribution is 2.67. The fourth-order valence-corrected chi connectivity index (χ4v) is 14.7. The van der Waals surface area contributed by atoms with Crippen molar-refractivity contribution >= 4 is 0 Å². The van der Waals surface area contributed by atoms with Gasteiger partial charge in [0.05, 0.1) is 12.2 Å². The van der Waals surface area contributed by atoms with Crippen LogP contribution in [0.1, 0.15) is 216 Å². The number of epoxide rings is 2. The molecule has 11 atom stereocenters. The molecule has 6 nitrogen and oxygen atoms in total. The summed E-state index contributed by atoms with van der Waals surface area (Å²) in [5.74, 6) is 4.67. The van der Waals surface area contributed by atoms with Crippen LogP contribution >= 0.6 is 0 Å². The van der Waals surface area contributed by atoms with Crippen LogP contribution in [0.25, 0.3) is 0 Å². The molecule has 6 heteroatoms. The first-order valence-electron chi connectivity index (χ1n) is 29.8. The van der Waals surface area contributed by atoms with Crippen molar-refractivity contribution in [1.29, 1.82) is 0 Å². The van der Waals surface area contributed by atoms with Crippen molar-refractivity contribution in [3.63, 3.8) is 0 Å². The SMILES string of the molecule is CC(=C/[C@@H]1Cc2c3c(c(C)c(C)c2O[C@H]1/C(C)=C/C=C/C=C(C)/C=C/C=C(C)/C=C/[C@@]12O[C@]1(C)C[C@@H](O)CC2(C)C)O[C@](C)(CCC[C@H](C)CCC[C@H](C)CCCC(C)C)CC3)/C=C/[C@@]12O[C@]1(C)C[C@@H](O)CC2(C)C. The summed E-state index contributed by atoms with van der Waals surface area (Å²) in [5, 5.41) is 21.2. The summed E-state index contributed by atoms with van der Waals surface area (Å²) in [6.45, 7) is 38.3. The number of benzene rings is 1. The van der Waals surface area contributed by atoms with E-state index in [1.54, 1.807) is 0 Å². The highest BCUT2D eigenvalue weighted by atomic mass is 16.6. The van der Waals surface area contributed by atoms with Crippen molar-refractivity contribution in [1.82, 2.24) is 0 Å². The van der Waals surface area contributed by atoms with Crippen LogP contribution in [0.15, 0.2) is 95.2 Å². The Bertz CT molecular complexity index is 2450. The van der Waals surface area contributed by atoms with E-state index in [0.29, 0.717) is 12.8 Å². The molecule has 416 valence electrons. The summed E-state index contributed by atoms with van der Waals surface area (Å²) in [7, 11) is 0. The molecule has 0 radical (unpaired) electrons. The lowest BCUT2D eigenvalue weighted by Crippen LogP contribution is -2.46. The second-order valence-corrected chi connectivity index (χ2v) is 27.8. The van der Waals surface area contributed by atoms with E-state index in [-0.39, 0.29) is 63.1 Å². The molecule has 75 heavy (non-hydrogen) atoms. The van der Waals surface area contributed by atoms with E-state index in [4.69, 9.17) is 18.9 Å². The van der Waals surface area contributed by atoms with Crippen LogP contribution in [0.4, 0.5) is 0 Å². The van der Waals surface area contributed by atoms with Crippen LogP contribution in [-0.2, 0) is 22.3 Å². The maximum absolute atomic E-state index is 10.7. The lowest BCUT2D eigenvalue weighted by atomic mass is 9.63. The molecule has 4 heterocycles. The fraction of sp³-hybridized carbons (Fsp3) is 0.681. The second kappa shape index (κ2) is 23.1. The summed E-state index contributed by atoms with van der Waals surface area (Å²) in [4.78, 5) is 0. The zero-order chi connectivity index (χ0) is 54.9. The van der Waals surface area contributed by atoms with E-state index in [0.717, 1.165) is 78.9 Å². The van der Waals surface area contributed by atoms with Crippen molar-refractivity contribution < 1.29 is 29.2 Å². The number of fused-ring (bicyclic) bond motifs is 5. The molecule has 2 aliphatic carbocycles. The summed E-state index contributed by atoms with van der Waals surface area (Å²) >= 11 is 0. The minimum absolute atomic E-state index is 0.112. The fourth-order valence-electron chi connectivity index (χ4n) is 14.7. The molecular weight excluding hydrogens is 925 g/mol. The minimum atomic E-state index is -0.385. The van der Waals surface area contributed by atoms with Crippen LogP contribution < -0.4 is 9.47 Å². The van der Waals surface area contributed by atoms with Gasteiger partial charge in [-0.15, -0.1) is 0 Å². The minimum Gasteiger partial charge on any atom is -0.487 e. The molecule has 1 aromatic rings. The second-order valence-electron chi connectivity index (χ2n) is 27.8. The molecule has 4 fully saturated rings. The first-order valence-corrected chi connectivity index (χ1v) is 29.8. The molecule has 2 N–H and O–H groups in total. The number of hydrogen-bond acceptors (Lipinski definition) is 6. The zero-order valence-electron chi connectivity index (χ0n) is 50.3. The van der Waals surface area contributed by atoms with Gasteiger partial charge in [-0.25, -0.2) is 0 Å². The lowest BCUT2D eigenvalue weighted by Gasteiger charge is -2.41. The lowest BCUT2D eigenvalue weighted by molar-refractivity contribution is 0.0501. The Kier molecular flexibility index (Phi) is 18.3. The van der Waals surface area contributed by atoms with Gasteiger partial charge in [-0.3, -0.25) is 0 Å². The maximum Gasteiger partial charge on any atom is 0.127 e. The molecular formula is C69H104O6. The van der Waals surface area contributed by atoms with E-state index in [1.807, 2.05) is 0 Å². The average molecular weight is 1030 g/mol. The summed E-state index contributed by atoms with van der Waals surface area (Å²) in [6, 6.07) is 0. The monoisotopic (exact) mass is 1030 g/mol. The Labute approximate surface area is 457 Å². The van der Waals surface area contributed by atoms with E-state index in [9.17, 15) is 10.2 Å². The third-order valence-corrected chi connectivity index (χ3v) is 19.4. The van der Waals surface area contributed by atoms with E-state index >= 15 is 0 Å². The van der Waals surface area contributed by atoms with E-state index in [1.165, 1.54) is 84.8 Å². The molecule has 7 rings (SSSR count). The zero-order valence-corrected chi connectivity index (χ0v) is 50.3. The van der Waals surface area contributed by atoms with Gasteiger partial charge in [0.25, 0.3) is 0 Å². The number of ether oxygens (including phenoxy) is 4. The molecule has 0 unspecified atom stereocenters. The largest absolute Gasteiger partial charge is 0.487 e. The van der Waals surface area contributed by atoms with Gasteiger partial charge in [-0.05, 0) is 154 Å². The molecule has 0 aromatic heterocycles. The van der Waals surface area contributed by atoms with Gasteiger partial charge < -0.3 is 29.2 Å². The van der Waals surface area contributed by atoms with Gasteiger partial charge in [0, 0.05) is 40.7 Å². The van der Waals surface area contributed by atoms with E-state index in [2.05, 4.69) is 191 Å². The Hall–Kier alpha value is -3.42. The third kappa shape index (κ3) is 13.0. The topological polar surface area (TPSA) is 84.0 Å². The summed E-state index contributed by atoms with van der Waals surface area (Å²) in [5.41, 5.74) is 7.96. The number of hydrogen-bond donors (Lipinski definition) is 2. The van der Waals surface area contributed by atoms with Crippen LogP contribution in [0, 0.1) is 48.3 Å². The first kappa shape index (κ1) is 59.2. The molecule has 2 saturated heterocycles. The quantitative estimate of drug-likeness (QED) is 0.0889. The summed E-state index contributed by atoms with van der Waals surface area (Å²) in [6.07, 6.45) is 43.2. The number of rotatable bonds is 22. The molecule has 0 bridgehead atoms. The van der Waals surface area contributed by atoms with Crippen molar-refractivity contribution in [2.75, 3.05) is 0 Å². The van der Waals surface area contributed by atoms with Crippen LogP contribution in [0.3, 0.4) is 0 Å². The van der Waals surface area contributed by atoms with Gasteiger partial charge in [-0.1, -0.05) is 178 Å². The average Bonchev–Trinajstić information content (AvgIpc) is 4.16. The first-order chi connectivity index (χ1) is 35.1. The highest BCUT2D eigenvalue weighted by Gasteiger charge is 2.75. The van der Waals surface area contributed by atoms with Crippen molar-refractivity contribution in [2.45, 2.75) is 267 Å². The Morgan fingerprint density at radius 2 is 1.11 bits per heavy atom. The number of aliphatic hydroxyl groups excluding tert-OH is 2. The van der Waals surface area contributed by atoms with E-state index < -0.39 is 0 Å². The molecule has 6 aliphatic rings. The molecule has 4 aliphatic heterocycles. The molecule has 2 saturated carbocycles. The van der Waals surface area contributed by atoms with Crippen LogP contribution in [0.2, 0.25) is 0 Å². The third-order valence-electron chi connectivity index (χ3n) is 19.4. The van der Waals surface area contributed by atoms with Gasteiger partial charge >= 0.3 is 0 Å². The van der Waals surface area contributed by atoms with Gasteiger partial charge in [0.15, 0.2) is 0 Å². The predicted molar refractivity (Wildman–Crippen MR) is 314 cm³/mol. The van der Waals surface area contributed by atoms with Crippen molar-refractivity contribution in [3.8, 4) is 11.5 Å². The maximum atomic E-state index is 10.7. The summed E-state index contributed by atoms with van der Waals surface area (Å²) < 4.78 is 27.4. The number of aliphatic hydroxyl groups is 2. The molecule has 0 amide bonds. The van der Waals surface area contributed by atoms with Gasteiger partial charge in [0.1, 0.15) is 45.6 Å². The smallest absolute Gasteiger partial charge is 0.127 e. The van der Waals surface area contributed by atoms with Crippen LogP contribution in [0.5, 0.6) is 11.5 Å². The molecule has 0 spiro atoms. The molecule has 1 aromatic carbocycles. The normalized spacial score (nSPS) is 34.3. The van der Waals surface area contributed by atoms with Gasteiger partial charge in [0.2, 0.25) is 0 Å². The standard InChI is InChI=1S/C69H104O6/c1-46(2)24-20-26-48(4)28-21-29-49(5)31-23-36-65(15)37-35-58-59-41-55(40-51(7)34-39-69-64(13,14)43-57(71)45-67(69,17)75-69)60(72-61(59)53(9)54(10)62(58)73-65)52(8)32-19-18-25-47(3)27-22-30-50(6)33-38-68-63(11,12)42-56(70)44-66(68,16)74-68/h18-19,22,25,27,30,32-34,38-40,46,48-49,55-57,60,70-71H,20-21,23-24,26,28-29,31,35-37,41-45H2,1-17H3/b19-18+,27-22+,38-33+,39-34+,47-25+,50-30+,51-40-,52-32+/t48-,49-,55-,56+,57+,60+,65-,66-,67-,68+,69+/m1/s1. The van der Waals surface area contributed by atoms with Crippen molar-refractivity contribution in [3.05, 3.63) is 117 Å². The Balaban J connectivity index is 1.05. The van der Waals surface area contributed by atoms with Crippen LogP contribution in [-0.4, -0.2) is 56.5 Å². The highest BCUT2D eigenvalue weighted by molar-refractivity contribution is 5.61.